The van der Waals surface area contributed by atoms with Crippen LogP contribution in [0.25, 0.3) is 0 Å². The Bertz CT molecular complexity index is 533. The van der Waals surface area contributed by atoms with Crippen LogP contribution < -0.4 is 0 Å². The van der Waals surface area contributed by atoms with Gasteiger partial charge in [0, 0.05) is 16.5 Å². The molecule has 0 radical (unpaired) electrons. The van der Waals surface area contributed by atoms with Crippen molar-refractivity contribution < 1.29 is 22.8 Å². The summed E-state index contributed by atoms with van der Waals surface area (Å²) in [5.41, 5.74) is -1.58. The Labute approximate surface area is 112 Å². The van der Waals surface area contributed by atoms with Gasteiger partial charge in [0.25, 0.3) is 0 Å². The summed E-state index contributed by atoms with van der Waals surface area (Å²) in [4.78, 5) is 23.3. The highest BCUT2D eigenvalue weighted by molar-refractivity contribution is 6.30. The molecule has 6 heteroatoms. The largest absolute Gasteiger partial charge is 0.417 e. The van der Waals surface area contributed by atoms with Crippen molar-refractivity contribution in [2.75, 3.05) is 0 Å². The van der Waals surface area contributed by atoms with Crippen molar-refractivity contribution in [3.63, 3.8) is 0 Å². The van der Waals surface area contributed by atoms with Gasteiger partial charge in [0.1, 0.15) is 5.78 Å². The molecule has 0 unspecified atom stereocenters. The van der Waals surface area contributed by atoms with Crippen molar-refractivity contribution in [2.45, 2.75) is 25.4 Å². The third-order valence-corrected chi connectivity index (χ3v) is 3.19. The van der Waals surface area contributed by atoms with Gasteiger partial charge >= 0.3 is 6.18 Å². The fraction of sp³-hybridized carbons (Fsp3) is 0.385. The fourth-order valence-corrected chi connectivity index (χ4v) is 1.97. The van der Waals surface area contributed by atoms with Crippen LogP contribution in [0, 0.1) is 5.92 Å². The summed E-state index contributed by atoms with van der Waals surface area (Å²) in [7, 11) is 0. The van der Waals surface area contributed by atoms with E-state index in [-0.39, 0.29) is 16.7 Å². The van der Waals surface area contributed by atoms with Crippen LogP contribution >= 0.6 is 11.6 Å². The molecule has 1 fully saturated rings. The van der Waals surface area contributed by atoms with E-state index in [4.69, 9.17) is 11.6 Å². The van der Waals surface area contributed by atoms with Gasteiger partial charge in [0.2, 0.25) is 0 Å². The topological polar surface area (TPSA) is 34.1 Å². The molecular weight excluding hydrogens is 281 g/mol. The van der Waals surface area contributed by atoms with Gasteiger partial charge in [0.05, 0.1) is 12.0 Å². The van der Waals surface area contributed by atoms with Gasteiger partial charge in [-0.25, -0.2) is 0 Å². The minimum absolute atomic E-state index is 0.0996. The first kappa shape index (κ1) is 14.1. The molecule has 0 spiro atoms. The average Bonchev–Trinajstić information content (AvgIpc) is 3.11. The predicted molar refractivity (Wildman–Crippen MR) is 63.1 cm³/mol. The van der Waals surface area contributed by atoms with Gasteiger partial charge in [-0.3, -0.25) is 9.59 Å². The number of ketones is 2. The zero-order chi connectivity index (χ0) is 14.2. The number of Topliss-reactive ketones (excluding diaryl/α,β-unsaturated/α-hetero) is 2. The van der Waals surface area contributed by atoms with Crippen LogP contribution in [0.15, 0.2) is 18.2 Å². The molecule has 0 aromatic heterocycles. The second kappa shape index (κ2) is 4.96. The van der Waals surface area contributed by atoms with Gasteiger partial charge in [-0.2, -0.15) is 13.2 Å². The lowest BCUT2D eigenvalue weighted by molar-refractivity contribution is -0.138. The number of halogens is 4. The molecule has 1 aromatic rings. The monoisotopic (exact) mass is 290 g/mol. The number of alkyl halides is 3. The Kier molecular flexibility index (Phi) is 3.67. The van der Waals surface area contributed by atoms with Gasteiger partial charge in [-0.1, -0.05) is 11.6 Å². The quantitative estimate of drug-likeness (QED) is 0.622. The van der Waals surface area contributed by atoms with E-state index < -0.39 is 29.5 Å². The summed E-state index contributed by atoms with van der Waals surface area (Å²) in [6.45, 7) is 0. The highest BCUT2D eigenvalue weighted by Gasteiger charge is 2.37. The second-order valence-corrected chi connectivity index (χ2v) is 4.96. The van der Waals surface area contributed by atoms with Crippen LogP contribution in [-0.4, -0.2) is 11.6 Å². The van der Waals surface area contributed by atoms with Gasteiger partial charge in [0.15, 0.2) is 5.78 Å². The third-order valence-electron chi connectivity index (χ3n) is 2.95. The number of benzene rings is 1. The lowest BCUT2D eigenvalue weighted by Crippen LogP contribution is -2.16. The van der Waals surface area contributed by atoms with E-state index >= 15 is 0 Å². The van der Waals surface area contributed by atoms with Gasteiger partial charge < -0.3 is 0 Å². The van der Waals surface area contributed by atoms with E-state index in [0.717, 1.165) is 18.9 Å². The number of hydrogen-bond donors (Lipinski definition) is 0. The van der Waals surface area contributed by atoms with Crippen LogP contribution in [0.1, 0.15) is 35.2 Å². The molecule has 1 aliphatic carbocycles. The van der Waals surface area contributed by atoms with E-state index in [1.54, 1.807) is 0 Å². The van der Waals surface area contributed by atoms with E-state index in [9.17, 15) is 22.8 Å². The molecule has 0 amide bonds. The maximum atomic E-state index is 12.8. The van der Waals surface area contributed by atoms with Crippen LogP contribution in [0.2, 0.25) is 5.02 Å². The minimum atomic E-state index is -4.67. The number of hydrogen-bond acceptors (Lipinski definition) is 2. The maximum Gasteiger partial charge on any atom is 0.417 e. The summed E-state index contributed by atoms with van der Waals surface area (Å²) < 4.78 is 38.4. The summed E-state index contributed by atoms with van der Waals surface area (Å²) in [5.74, 6) is -1.24. The SMILES string of the molecule is O=C(CC(=O)C1CC1)c1ccc(Cl)cc1C(F)(F)F. The number of carbonyl (C=O) groups excluding carboxylic acids is 2. The Morgan fingerprint density at radius 1 is 1.26 bits per heavy atom. The zero-order valence-electron chi connectivity index (χ0n) is 9.76. The van der Waals surface area contributed by atoms with Crippen molar-refractivity contribution in [1.29, 1.82) is 0 Å². The highest BCUT2D eigenvalue weighted by atomic mass is 35.5. The van der Waals surface area contributed by atoms with Crippen molar-refractivity contribution in [3.8, 4) is 0 Å². The van der Waals surface area contributed by atoms with Crippen LogP contribution in [0.5, 0.6) is 0 Å². The molecule has 19 heavy (non-hydrogen) atoms. The molecular formula is C13H10ClF3O2. The third kappa shape index (κ3) is 3.35. The molecule has 0 bridgehead atoms. The van der Waals surface area contributed by atoms with E-state index in [0.29, 0.717) is 6.07 Å². The molecule has 1 aliphatic rings. The minimum Gasteiger partial charge on any atom is -0.299 e. The normalized spacial score (nSPS) is 15.4. The van der Waals surface area contributed by atoms with Crippen molar-refractivity contribution in [1.82, 2.24) is 0 Å². The van der Waals surface area contributed by atoms with Crippen LogP contribution in [0.4, 0.5) is 13.2 Å². The van der Waals surface area contributed by atoms with Crippen LogP contribution in [-0.2, 0) is 11.0 Å². The van der Waals surface area contributed by atoms with E-state index in [2.05, 4.69) is 0 Å². The molecule has 2 nitrogen and oxygen atoms in total. The Hall–Kier alpha value is -1.36. The molecule has 0 saturated heterocycles. The van der Waals surface area contributed by atoms with Gasteiger partial charge in [-0.15, -0.1) is 0 Å². The lowest BCUT2D eigenvalue weighted by atomic mass is 9.98. The first-order valence-corrected chi connectivity index (χ1v) is 6.09. The Morgan fingerprint density at radius 2 is 1.89 bits per heavy atom. The molecule has 102 valence electrons. The summed E-state index contributed by atoms with van der Waals surface area (Å²) in [5, 5.41) is -0.0996. The van der Waals surface area contributed by atoms with E-state index in [1.807, 2.05) is 0 Å². The van der Waals surface area contributed by atoms with E-state index in [1.165, 1.54) is 6.07 Å². The first-order chi connectivity index (χ1) is 8.79. The maximum absolute atomic E-state index is 12.8. The summed E-state index contributed by atoms with van der Waals surface area (Å²) >= 11 is 5.52. The molecule has 2 rings (SSSR count). The highest BCUT2D eigenvalue weighted by Crippen LogP contribution is 2.35. The van der Waals surface area contributed by atoms with Crippen LogP contribution in [0.3, 0.4) is 0 Å². The lowest BCUT2D eigenvalue weighted by Gasteiger charge is -2.12. The molecule has 0 N–H and O–H groups in total. The summed E-state index contributed by atoms with van der Waals surface area (Å²) in [6.07, 6.45) is -3.70. The molecule has 0 aliphatic heterocycles. The van der Waals surface area contributed by atoms with Crippen molar-refractivity contribution in [3.05, 3.63) is 34.3 Å². The van der Waals surface area contributed by atoms with Crippen molar-refractivity contribution >= 4 is 23.2 Å². The molecule has 0 heterocycles. The predicted octanol–water partition coefficient (Wildman–Crippen LogP) is 3.91. The molecule has 1 saturated carbocycles. The molecule has 1 aromatic carbocycles. The fourth-order valence-electron chi connectivity index (χ4n) is 1.80. The zero-order valence-corrected chi connectivity index (χ0v) is 10.5. The average molecular weight is 291 g/mol. The summed E-state index contributed by atoms with van der Waals surface area (Å²) in [6, 6.07) is 2.94. The second-order valence-electron chi connectivity index (χ2n) is 4.53. The van der Waals surface area contributed by atoms with Gasteiger partial charge in [-0.05, 0) is 31.0 Å². The molecule has 0 atom stereocenters. The smallest absolute Gasteiger partial charge is 0.299 e. The Morgan fingerprint density at radius 3 is 2.42 bits per heavy atom. The number of rotatable bonds is 4. The Balaban J connectivity index is 2.27. The number of carbonyl (C=O) groups is 2. The standard InChI is InChI=1S/C13H10ClF3O2/c14-8-3-4-9(10(5-8)13(15,16)17)12(19)6-11(18)7-1-2-7/h3-5,7H,1-2,6H2. The van der Waals surface area contributed by atoms with Crippen molar-refractivity contribution in [2.24, 2.45) is 5.92 Å². The first-order valence-electron chi connectivity index (χ1n) is 5.71.